The monoisotopic (exact) mass is 703 g/mol. The van der Waals surface area contributed by atoms with Crippen LogP contribution in [-0.4, -0.2) is 75.4 Å². The number of carbonyl (C=O) groups is 3. The number of nitrogens with two attached hydrogens (primary N) is 1. The SMILES string of the molecule is COC(=O)C1=C(C)N(c2cccc(C(F)(F)F)c2)C(=N)N(C(N)=O)[C@@H]1c1ccc(C#N)cc1CCC[NH+](C)C.COC=O.OC1CCCCC1. The maximum Gasteiger partial charge on any atom is 0.416 e. The second-order valence-electron chi connectivity index (χ2n) is 12.0. The van der Waals surface area contributed by atoms with Gasteiger partial charge in [-0.2, -0.15) is 18.4 Å². The van der Waals surface area contributed by atoms with Crippen molar-refractivity contribution in [3.8, 4) is 6.07 Å². The Balaban J connectivity index is 0.000000672. The summed E-state index contributed by atoms with van der Waals surface area (Å²) < 4.78 is 49.3. The number of primary amides is 1. The molecule has 12 nitrogen and oxygen atoms in total. The zero-order valence-electron chi connectivity index (χ0n) is 29.0. The molecule has 1 fully saturated rings. The molecule has 2 amide bonds. The van der Waals surface area contributed by atoms with Gasteiger partial charge in [-0.05, 0) is 67.6 Å². The van der Waals surface area contributed by atoms with Gasteiger partial charge in [-0.15, -0.1) is 0 Å². The van der Waals surface area contributed by atoms with Crippen molar-refractivity contribution in [1.29, 1.82) is 10.7 Å². The van der Waals surface area contributed by atoms with Crippen LogP contribution in [0.1, 0.15) is 73.7 Å². The van der Waals surface area contributed by atoms with Gasteiger partial charge in [0.05, 0.1) is 63.7 Å². The molecular formula is C35H46F3N6O6+. The molecule has 15 heteroatoms. The number of methoxy groups -OCH3 is 2. The summed E-state index contributed by atoms with van der Waals surface area (Å²) in [6.07, 6.45) is 2.48. The number of alkyl halides is 3. The van der Waals surface area contributed by atoms with Gasteiger partial charge in [0.15, 0.2) is 0 Å². The van der Waals surface area contributed by atoms with Crippen molar-refractivity contribution in [3.63, 3.8) is 0 Å². The van der Waals surface area contributed by atoms with E-state index in [1.807, 2.05) is 14.1 Å². The highest BCUT2D eigenvalue weighted by atomic mass is 19.4. The largest absolute Gasteiger partial charge is 0.471 e. The Morgan fingerprint density at radius 3 is 2.26 bits per heavy atom. The number of hydrogen-bond acceptors (Lipinski definition) is 8. The van der Waals surface area contributed by atoms with E-state index < -0.39 is 35.7 Å². The lowest BCUT2D eigenvalue weighted by Crippen LogP contribution is -3.05. The van der Waals surface area contributed by atoms with Crippen LogP contribution in [0.5, 0.6) is 0 Å². The van der Waals surface area contributed by atoms with Gasteiger partial charge < -0.3 is 25.2 Å². The van der Waals surface area contributed by atoms with E-state index in [9.17, 15) is 28.0 Å². The highest BCUT2D eigenvalue weighted by Gasteiger charge is 2.44. The Morgan fingerprint density at radius 2 is 1.78 bits per heavy atom. The molecular weight excluding hydrogens is 657 g/mol. The van der Waals surface area contributed by atoms with Crippen LogP contribution < -0.4 is 15.5 Å². The van der Waals surface area contributed by atoms with E-state index in [2.05, 4.69) is 10.8 Å². The van der Waals surface area contributed by atoms with E-state index in [-0.39, 0.29) is 23.1 Å². The van der Waals surface area contributed by atoms with Gasteiger partial charge in [0.1, 0.15) is 6.04 Å². The second-order valence-corrected chi connectivity index (χ2v) is 12.0. The molecule has 5 N–H and O–H groups in total. The molecule has 0 spiro atoms. The third-order valence-corrected chi connectivity index (χ3v) is 8.13. The lowest BCUT2D eigenvalue weighted by Gasteiger charge is -2.43. The molecule has 2 aliphatic rings. The zero-order valence-corrected chi connectivity index (χ0v) is 29.0. The molecule has 1 saturated carbocycles. The number of aliphatic hydroxyl groups excluding tert-OH is 1. The molecule has 272 valence electrons. The van der Waals surface area contributed by atoms with Gasteiger partial charge in [-0.25, -0.2) is 9.59 Å². The maximum absolute atomic E-state index is 13.5. The number of amides is 2. The number of nitriles is 1. The van der Waals surface area contributed by atoms with Crippen molar-refractivity contribution < 1.29 is 47.0 Å². The van der Waals surface area contributed by atoms with Crippen molar-refractivity contribution in [1.82, 2.24) is 4.90 Å². The summed E-state index contributed by atoms with van der Waals surface area (Å²) in [6.45, 7) is 2.64. The van der Waals surface area contributed by atoms with Crippen molar-refractivity contribution in [2.45, 2.75) is 70.2 Å². The molecule has 0 saturated heterocycles. The maximum atomic E-state index is 13.5. The minimum absolute atomic E-state index is 0.0359. The molecule has 1 atom stereocenters. The highest BCUT2D eigenvalue weighted by Crippen LogP contribution is 2.42. The first-order chi connectivity index (χ1) is 23.6. The molecule has 4 rings (SSSR count). The van der Waals surface area contributed by atoms with Crippen LogP contribution in [0.25, 0.3) is 0 Å². The molecule has 2 aromatic carbocycles. The van der Waals surface area contributed by atoms with E-state index >= 15 is 0 Å². The lowest BCUT2D eigenvalue weighted by molar-refractivity contribution is -0.858. The first-order valence-corrected chi connectivity index (χ1v) is 16.0. The Bertz CT molecular complexity index is 1570. The number of nitrogens with one attached hydrogen (secondary N) is 2. The number of anilines is 1. The van der Waals surface area contributed by atoms with Gasteiger partial charge in [-0.1, -0.05) is 31.4 Å². The molecule has 2 aromatic rings. The minimum Gasteiger partial charge on any atom is -0.471 e. The molecule has 1 aliphatic heterocycles. The lowest BCUT2D eigenvalue weighted by atomic mass is 9.87. The topological polar surface area (TPSA) is 174 Å². The van der Waals surface area contributed by atoms with Crippen molar-refractivity contribution in [2.75, 3.05) is 39.8 Å². The van der Waals surface area contributed by atoms with Crippen LogP contribution >= 0.6 is 0 Å². The summed E-state index contributed by atoms with van der Waals surface area (Å²) in [4.78, 5) is 38.1. The van der Waals surface area contributed by atoms with Crippen LogP contribution in [0.2, 0.25) is 0 Å². The third kappa shape index (κ3) is 11.0. The van der Waals surface area contributed by atoms with Crippen molar-refractivity contribution >= 4 is 30.1 Å². The average molecular weight is 704 g/mol. The number of ether oxygens (including phenoxy) is 2. The highest BCUT2D eigenvalue weighted by molar-refractivity contribution is 6.10. The first kappa shape index (κ1) is 41.2. The normalized spacial score (nSPS) is 16.4. The van der Waals surface area contributed by atoms with Crippen LogP contribution in [0.4, 0.5) is 23.7 Å². The smallest absolute Gasteiger partial charge is 0.416 e. The predicted octanol–water partition coefficient (Wildman–Crippen LogP) is 4.08. The quantitative estimate of drug-likeness (QED) is 0.235. The number of aliphatic hydroxyl groups is 1. The first-order valence-electron chi connectivity index (χ1n) is 16.0. The van der Waals surface area contributed by atoms with Gasteiger partial charge >= 0.3 is 18.2 Å². The second kappa shape index (κ2) is 19.3. The number of nitrogens with zero attached hydrogens (tertiary/aromatic N) is 3. The summed E-state index contributed by atoms with van der Waals surface area (Å²) >= 11 is 0. The summed E-state index contributed by atoms with van der Waals surface area (Å²) in [7, 11) is 6.44. The molecule has 50 heavy (non-hydrogen) atoms. The molecule has 1 aliphatic carbocycles. The summed E-state index contributed by atoms with van der Waals surface area (Å²) in [5.74, 6) is -1.38. The average Bonchev–Trinajstić information content (AvgIpc) is 3.08. The van der Waals surface area contributed by atoms with E-state index in [4.69, 9.17) is 25.8 Å². The van der Waals surface area contributed by atoms with E-state index in [1.54, 1.807) is 12.1 Å². The number of benzene rings is 2. The Hall–Kier alpha value is -4.94. The Kier molecular flexibility index (Phi) is 15.9. The zero-order chi connectivity index (χ0) is 37.6. The van der Waals surface area contributed by atoms with Gasteiger partial charge in [0.25, 0.3) is 6.47 Å². The number of carbonyl (C=O) groups excluding carboxylic acids is 3. The van der Waals surface area contributed by atoms with Crippen LogP contribution in [0.15, 0.2) is 53.7 Å². The fraction of sp³-hybridized carbons (Fsp3) is 0.457. The fourth-order valence-electron chi connectivity index (χ4n) is 5.74. The number of rotatable bonds is 8. The summed E-state index contributed by atoms with van der Waals surface area (Å²) in [6, 6.07) is 8.77. The fourth-order valence-corrected chi connectivity index (χ4v) is 5.74. The summed E-state index contributed by atoms with van der Waals surface area (Å²) in [5, 5.41) is 27.3. The molecule has 0 aromatic heterocycles. The van der Waals surface area contributed by atoms with Gasteiger partial charge in [0.2, 0.25) is 5.96 Å². The number of aryl methyl sites for hydroxylation is 1. The summed E-state index contributed by atoms with van der Waals surface area (Å²) in [5.41, 5.74) is 6.19. The van der Waals surface area contributed by atoms with Gasteiger partial charge in [0, 0.05) is 17.8 Å². The molecule has 0 bridgehead atoms. The number of hydrogen-bond donors (Lipinski definition) is 4. The van der Waals surface area contributed by atoms with Crippen LogP contribution in [-0.2, 0) is 31.7 Å². The van der Waals surface area contributed by atoms with E-state index in [0.717, 1.165) is 54.8 Å². The number of quaternary nitrogens is 1. The Labute approximate surface area is 290 Å². The number of allylic oxidation sites excluding steroid dienone is 1. The predicted molar refractivity (Wildman–Crippen MR) is 180 cm³/mol. The number of esters is 1. The van der Waals surface area contributed by atoms with Crippen LogP contribution in [0, 0.1) is 16.7 Å². The number of urea groups is 1. The molecule has 0 unspecified atom stereocenters. The van der Waals surface area contributed by atoms with Crippen molar-refractivity contribution in [3.05, 3.63) is 76.0 Å². The number of halogens is 3. The molecule has 0 radical (unpaired) electrons. The van der Waals surface area contributed by atoms with Crippen molar-refractivity contribution in [2.24, 2.45) is 5.73 Å². The van der Waals surface area contributed by atoms with Gasteiger partial charge in [-0.3, -0.25) is 20.0 Å². The third-order valence-electron chi connectivity index (χ3n) is 8.13. The number of guanidine groups is 1. The van der Waals surface area contributed by atoms with E-state index in [1.165, 1.54) is 56.4 Å². The molecule has 1 heterocycles. The standard InChI is InChI=1S/C27H29F3N6O3.C6H12O.C2H4O2/c1-16-22(24(37)39-4)23(21-11-10-17(15-31)13-18(21)7-6-12-34(2)3)36(26(33)38)25(32)35(16)20-9-5-8-19(14-20)27(28,29)30;7-6-4-2-1-3-5-6;1-4-2-3/h5,8-11,13-14,23,32H,6-7,12H2,1-4H3,(H2,33,38);6-7H,1-5H2;2H,1H3/p+1/t23-;;/m1../s1. The Morgan fingerprint density at radius 1 is 1.14 bits per heavy atom. The minimum atomic E-state index is -4.66. The van der Waals surface area contributed by atoms with E-state index in [0.29, 0.717) is 29.6 Å². The van der Waals surface area contributed by atoms with Crippen LogP contribution in [0.3, 0.4) is 0 Å².